The Hall–Kier alpha value is -1.99. The van der Waals surface area contributed by atoms with Crippen LogP contribution in [0, 0.1) is 5.92 Å². The molecule has 1 amide bonds. The number of methoxy groups -OCH3 is 1. The largest absolute Gasteiger partial charge is 0.508 e. The van der Waals surface area contributed by atoms with Crippen LogP contribution in [0.15, 0.2) is 52.6 Å². The van der Waals surface area contributed by atoms with Crippen molar-refractivity contribution in [3.8, 4) is 11.5 Å². The molecule has 2 N–H and O–H groups in total. The average Bonchev–Trinajstić information content (AvgIpc) is 2.75. The first-order chi connectivity index (χ1) is 15.2. The van der Waals surface area contributed by atoms with Crippen LogP contribution in [0.1, 0.15) is 38.1 Å². The summed E-state index contributed by atoms with van der Waals surface area (Å²) in [6.07, 6.45) is 6.94. The van der Waals surface area contributed by atoms with Crippen molar-refractivity contribution in [3.05, 3.63) is 58.1 Å². The summed E-state index contributed by atoms with van der Waals surface area (Å²) in [6.45, 7) is 9.63. The zero-order valence-corrected chi connectivity index (χ0v) is 21.0. The zero-order valence-electron chi connectivity index (χ0n) is 19.5. The third-order valence-electron chi connectivity index (χ3n) is 3.98. The lowest BCUT2D eigenvalue weighted by Gasteiger charge is -2.26. The number of halogens is 2. The van der Waals surface area contributed by atoms with Gasteiger partial charge in [0.25, 0.3) is 5.91 Å². The van der Waals surface area contributed by atoms with Crippen molar-refractivity contribution in [2.75, 3.05) is 40.0 Å². The van der Waals surface area contributed by atoms with Gasteiger partial charge in [-0.15, -0.1) is 0 Å². The SMILES string of the molecule is CC.COCCN(CC(C)COC/C=C(Cl)/C=C\C=C(/C)Cl)C(=O)c1ccc(O)cc1O. The molecule has 0 bridgehead atoms. The van der Waals surface area contributed by atoms with Crippen LogP contribution in [0.4, 0.5) is 0 Å². The maximum atomic E-state index is 12.8. The molecular formula is C24H35Cl2NO5. The second-order valence-corrected chi connectivity index (χ2v) is 7.82. The fourth-order valence-electron chi connectivity index (χ4n) is 2.53. The van der Waals surface area contributed by atoms with Crippen molar-refractivity contribution in [2.24, 2.45) is 5.92 Å². The van der Waals surface area contributed by atoms with Gasteiger partial charge in [-0.2, -0.15) is 0 Å². The summed E-state index contributed by atoms with van der Waals surface area (Å²) < 4.78 is 10.7. The lowest BCUT2D eigenvalue weighted by atomic mass is 10.1. The maximum absolute atomic E-state index is 12.8. The van der Waals surface area contributed by atoms with Crippen LogP contribution in [0.5, 0.6) is 11.5 Å². The fourth-order valence-corrected chi connectivity index (χ4v) is 2.73. The first-order valence-corrected chi connectivity index (χ1v) is 11.2. The second-order valence-electron chi connectivity index (χ2n) is 6.79. The minimum atomic E-state index is -0.341. The Morgan fingerprint density at radius 3 is 2.53 bits per heavy atom. The van der Waals surface area contributed by atoms with Crippen molar-refractivity contribution in [3.63, 3.8) is 0 Å². The zero-order chi connectivity index (χ0) is 24.5. The lowest BCUT2D eigenvalue weighted by molar-refractivity contribution is 0.0592. The molecule has 1 aromatic rings. The van der Waals surface area contributed by atoms with E-state index in [-0.39, 0.29) is 28.9 Å². The van der Waals surface area contributed by atoms with Gasteiger partial charge in [-0.3, -0.25) is 4.79 Å². The summed E-state index contributed by atoms with van der Waals surface area (Å²) in [6, 6.07) is 3.90. The van der Waals surface area contributed by atoms with E-state index >= 15 is 0 Å². The van der Waals surface area contributed by atoms with Crippen LogP contribution in [-0.2, 0) is 9.47 Å². The Bertz CT molecular complexity index is 774. The van der Waals surface area contributed by atoms with Crippen molar-refractivity contribution < 1.29 is 24.5 Å². The van der Waals surface area contributed by atoms with Crippen molar-refractivity contribution in [1.29, 1.82) is 0 Å². The molecule has 0 radical (unpaired) electrons. The fraction of sp³-hybridized carbons (Fsp3) is 0.458. The number of carbonyl (C=O) groups is 1. The molecule has 0 fully saturated rings. The van der Waals surface area contributed by atoms with E-state index in [0.29, 0.717) is 43.0 Å². The first kappa shape index (κ1) is 30.0. The number of allylic oxidation sites excluding steroid dienone is 5. The maximum Gasteiger partial charge on any atom is 0.257 e. The molecule has 0 aliphatic heterocycles. The molecule has 6 nitrogen and oxygen atoms in total. The number of nitrogens with zero attached hydrogens (tertiary/aromatic N) is 1. The summed E-state index contributed by atoms with van der Waals surface area (Å²) in [4.78, 5) is 14.4. The van der Waals surface area contributed by atoms with Gasteiger partial charge >= 0.3 is 0 Å². The van der Waals surface area contributed by atoms with Gasteiger partial charge in [0.05, 0.1) is 25.4 Å². The topological polar surface area (TPSA) is 79.2 Å². The number of rotatable bonds is 12. The molecule has 180 valence electrons. The van der Waals surface area contributed by atoms with E-state index in [1.54, 1.807) is 43.2 Å². The number of ether oxygens (including phenoxy) is 2. The van der Waals surface area contributed by atoms with Gasteiger partial charge in [0.1, 0.15) is 11.5 Å². The number of phenols is 2. The van der Waals surface area contributed by atoms with E-state index in [2.05, 4.69) is 0 Å². The molecule has 1 rings (SSSR count). The van der Waals surface area contributed by atoms with Crippen LogP contribution < -0.4 is 0 Å². The molecule has 0 spiro atoms. The molecule has 0 aliphatic rings. The molecule has 1 aromatic carbocycles. The Labute approximate surface area is 201 Å². The minimum Gasteiger partial charge on any atom is -0.508 e. The third-order valence-corrected chi connectivity index (χ3v) is 4.38. The van der Waals surface area contributed by atoms with Crippen molar-refractivity contribution >= 4 is 29.1 Å². The van der Waals surface area contributed by atoms with E-state index in [4.69, 9.17) is 32.7 Å². The Balaban J connectivity index is 0.00000466. The lowest BCUT2D eigenvalue weighted by Crippen LogP contribution is -2.38. The number of carbonyl (C=O) groups excluding carboxylic acids is 1. The van der Waals surface area contributed by atoms with Gasteiger partial charge in [0.15, 0.2) is 0 Å². The normalized spacial score (nSPS) is 13.0. The van der Waals surface area contributed by atoms with E-state index in [0.717, 1.165) is 6.07 Å². The Kier molecular flexibility index (Phi) is 16.5. The minimum absolute atomic E-state index is 0.0367. The number of amides is 1. The van der Waals surface area contributed by atoms with Crippen LogP contribution >= 0.6 is 23.2 Å². The monoisotopic (exact) mass is 487 g/mol. The molecule has 0 aromatic heterocycles. The Morgan fingerprint density at radius 1 is 1.25 bits per heavy atom. The number of phenolic OH excluding ortho intramolecular Hbond substituents is 2. The van der Waals surface area contributed by atoms with Gasteiger partial charge in [-0.1, -0.05) is 50.0 Å². The van der Waals surface area contributed by atoms with Gasteiger partial charge in [0.2, 0.25) is 0 Å². The van der Waals surface area contributed by atoms with E-state index in [1.807, 2.05) is 20.8 Å². The van der Waals surface area contributed by atoms with Crippen LogP contribution in [-0.4, -0.2) is 61.0 Å². The Morgan fingerprint density at radius 2 is 1.94 bits per heavy atom. The molecule has 0 saturated heterocycles. The molecular weight excluding hydrogens is 453 g/mol. The average molecular weight is 488 g/mol. The summed E-state index contributed by atoms with van der Waals surface area (Å²) in [5.74, 6) is -0.676. The number of benzene rings is 1. The van der Waals surface area contributed by atoms with Crippen LogP contribution in [0.25, 0.3) is 0 Å². The molecule has 1 atom stereocenters. The van der Waals surface area contributed by atoms with Gasteiger partial charge < -0.3 is 24.6 Å². The highest BCUT2D eigenvalue weighted by molar-refractivity contribution is 6.31. The molecule has 0 aliphatic carbocycles. The quantitative estimate of drug-likeness (QED) is 0.292. The van der Waals surface area contributed by atoms with Crippen LogP contribution in [0.2, 0.25) is 0 Å². The summed E-state index contributed by atoms with van der Waals surface area (Å²) >= 11 is 11.8. The second kappa shape index (κ2) is 17.6. The van der Waals surface area contributed by atoms with Gasteiger partial charge in [0, 0.05) is 36.3 Å². The summed E-state index contributed by atoms with van der Waals surface area (Å²) in [5, 5.41) is 20.6. The van der Waals surface area contributed by atoms with E-state index in [1.165, 1.54) is 12.1 Å². The molecule has 8 heteroatoms. The van der Waals surface area contributed by atoms with Crippen molar-refractivity contribution in [1.82, 2.24) is 4.90 Å². The number of hydrogen-bond acceptors (Lipinski definition) is 5. The summed E-state index contributed by atoms with van der Waals surface area (Å²) in [7, 11) is 1.56. The predicted octanol–water partition coefficient (Wildman–Crippen LogP) is 5.69. The molecule has 0 heterocycles. The van der Waals surface area contributed by atoms with Crippen LogP contribution in [0.3, 0.4) is 0 Å². The number of aromatic hydroxyl groups is 2. The molecule has 0 saturated carbocycles. The highest BCUT2D eigenvalue weighted by Crippen LogP contribution is 2.24. The first-order valence-electron chi connectivity index (χ1n) is 10.5. The van der Waals surface area contributed by atoms with Crippen molar-refractivity contribution in [2.45, 2.75) is 27.7 Å². The van der Waals surface area contributed by atoms with Gasteiger partial charge in [-0.25, -0.2) is 0 Å². The third kappa shape index (κ3) is 12.8. The smallest absolute Gasteiger partial charge is 0.257 e. The van der Waals surface area contributed by atoms with Gasteiger partial charge in [-0.05, 0) is 43.2 Å². The van der Waals surface area contributed by atoms with E-state index in [9.17, 15) is 15.0 Å². The molecule has 1 unspecified atom stereocenters. The standard InChI is InChI=1S/C22H29Cl2NO5.C2H6/c1-16(15-30-11-9-18(24)6-4-5-17(2)23)14-25(10-12-29-3)22(28)20-8-7-19(26)13-21(20)27;1-2/h4-9,13,16,26-27H,10-12,14-15H2,1-3H3;1-2H3/b6-4-,17-5+,18-9-;. The predicted molar refractivity (Wildman–Crippen MR) is 132 cm³/mol. The molecule has 32 heavy (non-hydrogen) atoms. The van der Waals surface area contributed by atoms with E-state index < -0.39 is 0 Å². The highest BCUT2D eigenvalue weighted by atomic mass is 35.5. The highest BCUT2D eigenvalue weighted by Gasteiger charge is 2.21. The summed E-state index contributed by atoms with van der Waals surface area (Å²) in [5.41, 5.74) is 0.125. The number of hydrogen-bond donors (Lipinski definition) is 2.